The van der Waals surface area contributed by atoms with Crippen molar-refractivity contribution in [3.05, 3.63) is 0 Å². The molecule has 0 unspecified atom stereocenters. The van der Waals surface area contributed by atoms with Gasteiger partial charge >= 0.3 is 0 Å². The molecule has 0 amide bonds. The number of nitrogens with zero attached hydrogens (tertiary/aromatic N) is 1. The summed E-state index contributed by atoms with van der Waals surface area (Å²) in [5, 5.41) is 9.49. The summed E-state index contributed by atoms with van der Waals surface area (Å²) in [5.41, 5.74) is 0. The van der Waals surface area contributed by atoms with E-state index in [9.17, 15) is 5.11 Å². The Balaban J connectivity index is 2.36. The van der Waals surface area contributed by atoms with Crippen LogP contribution in [0.5, 0.6) is 0 Å². The van der Waals surface area contributed by atoms with Gasteiger partial charge in [0.25, 0.3) is 0 Å². The molecule has 1 rings (SSSR count). The molecule has 10 heavy (non-hydrogen) atoms. The maximum absolute atomic E-state index is 9.49. The van der Waals surface area contributed by atoms with Gasteiger partial charge in [-0.2, -0.15) is 0 Å². The van der Waals surface area contributed by atoms with Gasteiger partial charge in [0, 0.05) is 11.0 Å². The van der Waals surface area contributed by atoms with Crippen molar-refractivity contribution < 1.29 is 5.11 Å². The first kappa shape index (κ1) is 8.74. The van der Waals surface area contributed by atoms with Gasteiger partial charge in [0.15, 0.2) is 0 Å². The Hall–Kier alpha value is 0.650. The Bertz CT molecular complexity index is 110. The molecule has 60 valence electrons. The van der Waals surface area contributed by atoms with E-state index in [0.717, 1.165) is 23.9 Å². The lowest BCUT2D eigenvalue weighted by molar-refractivity contribution is 0.0436. The molecule has 2 atom stereocenters. The van der Waals surface area contributed by atoms with Crippen LogP contribution in [-0.4, -0.2) is 40.7 Å². The molecule has 0 saturated carbocycles. The molecule has 1 aliphatic heterocycles. The lowest BCUT2D eigenvalue weighted by atomic mass is 9.97. The number of likely N-dealkylation sites (tertiary alicyclic amines) is 1. The maximum atomic E-state index is 9.49. The van der Waals surface area contributed by atoms with Gasteiger partial charge in [0.05, 0.1) is 6.10 Å². The van der Waals surface area contributed by atoms with Gasteiger partial charge in [-0.1, -0.05) is 22.6 Å². The highest BCUT2D eigenvalue weighted by Gasteiger charge is 2.24. The Kier molecular flexibility index (Phi) is 3.39. The number of hydrogen-bond donors (Lipinski definition) is 1. The lowest BCUT2D eigenvalue weighted by Gasteiger charge is -2.32. The summed E-state index contributed by atoms with van der Waals surface area (Å²) in [6, 6.07) is 0. The number of rotatable bonds is 1. The minimum Gasteiger partial charge on any atom is -0.391 e. The first-order valence-electron chi connectivity index (χ1n) is 3.66. The van der Waals surface area contributed by atoms with E-state index in [1.54, 1.807) is 0 Å². The molecule has 3 heteroatoms. The van der Waals surface area contributed by atoms with E-state index in [4.69, 9.17) is 0 Å². The van der Waals surface area contributed by atoms with E-state index in [1.807, 2.05) is 0 Å². The molecule has 1 aliphatic rings. The van der Waals surface area contributed by atoms with Gasteiger partial charge in [-0.05, 0) is 25.9 Å². The second kappa shape index (κ2) is 3.88. The highest BCUT2D eigenvalue weighted by molar-refractivity contribution is 14.1. The van der Waals surface area contributed by atoms with Crippen LogP contribution >= 0.6 is 22.6 Å². The minimum atomic E-state index is -0.0874. The summed E-state index contributed by atoms with van der Waals surface area (Å²) in [4.78, 5) is 2.19. The minimum absolute atomic E-state index is 0.0874. The van der Waals surface area contributed by atoms with Crippen molar-refractivity contribution in [3.63, 3.8) is 0 Å². The van der Waals surface area contributed by atoms with Gasteiger partial charge in [-0.25, -0.2) is 0 Å². The molecule has 0 aliphatic carbocycles. The smallest absolute Gasteiger partial charge is 0.0702 e. The fraction of sp³-hybridized carbons (Fsp3) is 1.00. The summed E-state index contributed by atoms with van der Waals surface area (Å²) in [7, 11) is 2.06. The molecule has 0 aromatic carbocycles. The Labute approximate surface area is 75.7 Å². The van der Waals surface area contributed by atoms with Crippen LogP contribution in [-0.2, 0) is 0 Å². The Morgan fingerprint density at radius 3 is 2.90 bits per heavy atom. The van der Waals surface area contributed by atoms with Gasteiger partial charge in [0.2, 0.25) is 0 Å². The number of alkyl halides is 1. The molecule has 0 bridgehead atoms. The summed E-state index contributed by atoms with van der Waals surface area (Å²) < 4.78 is 1.09. The molecule has 1 saturated heterocycles. The quantitative estimate of drug-likeness (QED) is 0.551. The van der Waals surface area contributed by atoms with E-state index in [0.29, 0.717) is 5.92 Å². The van der Waals surface area contributed by atoms with Crippen LogP contribution < -0.4 is 0 Å². The summed E-state index contributed by atoms with van der Waals surface area (Å²) >= 11 is 2.35. The van der Waals surface area contributed by atoms with Gasteiger partial charge in [0.1, 0.15) is 0 Å². The highest BCUT2D eigenvalue weighted by Crippen LogP contribution is 2.18. The molecule has 0 aromatic rings. The fourth-order valence-electron chi connectivity index (χ4n) is 1.32. The number of hydrogen-bond acceptors (Lipinski definition) is 2. The van der Waals surface area contributed by atoms with Crippen molar-refractivity contribution in [2.75, 3.05) is 24.6 Å². The predicted molar refractivity (Wildman–Crippen MR) is 50.5 cm³/mol. The molecule has 0 spiro atoms. The largest absolute Gasteiger partial charge is 0.391 e. The van der Waals surface area contributed by atoms with Gasteiger partial charge in [-0.15, -0.1) is 0 Å². The standard InChI is InChI=1S/C7H14INO/c1-9-3-2-6(4-8)7(10)5-9/h6-7,10H,2-5H2,1H3/t6-,7-/m0/s1. The zero-order valence-corrected chi connectivity index (χ0v) is 8.41. The maximum Gasteiger partial charge on any atom is 0.0702 e. The van der Waals surface area contributed by atoms with Crippen LogP contribution in [0.1, 0.15) is 6.42 Å². The van der Waals surface area contributed by atoms with Gasteiger partial charge < -0.3 is 10.0 Å². The SMILES string of the molecule is CN1CC[C@@H](CI)[C@@H](O)C1. The van der Waals surface area contributed by atoms with Crippen LogP contribution in [0, 0.1) is 5.92 Å². The molecule has 1 N–H and O–H groups in total. The number of piperidine rings is 1. The third-order valence-electron chi connectivity index (χ3n) is 2.12. The number of halogens is 1. The third kappa shape index (κ3) is 2.07. The molecule has 1 heterocycles. The van der Waals surface area contributed by atoms with E-state index in [1.165, 1.54) is 0 Å². The molecule has 1 fully saturated rings. The van der Waals surface area contributed by atoms with Crippen molar-refractivity contribution >= 4 is 22.6 Å². The van der Waals surface area contributed by atoms with Crippen molar-refractivity contribution in [2.45, 2.75) is 12.5 Å². The average Bonchev–Trinajstić information content (AvgIpc) is 1.88. The zero-order valence-electron chi connectivity index (χ0n) is 6.26. The average molecular weight is 255 g/mol. The van der Waals surface area contributed by atoms with Crippen LogP contribution in [0.3, 0.4) is 0 Å². The van der Waals surface area contributed by atoms with Crippen molar-refractivity contribution in [1.29, 1.82) is 0 Å². The van der Waals surface area contributed by atoms with Crippen LogP contribution in [0.25, 0.3) is 0 Å². The number of β-amino-alcohol motifs (C(OH)–C–C–N with tert-alkyl or cyclic N) is 1. The van der Waals surface area contributed by atoms with E-state index < -0.39 is 0 Å². The van der Waals surface area contributed by atoms with Crippen molar-refractivity contribution in [2.24, 2.45) is 5.92 Å². The molecular weight excluding hydrogens is 241 g/mol. The monoisotopic (exact) mass is 255 g/mol. The topological polar surface area (TPSA) is 23.5 Å². The van der Waals surface area contributed by atoms with Crippen LogP contribution in [0.15, 0.2) is 0 Å². The Morgan fingerprint density at radius 1 is 1.70 bits per heavy atom. The van der Waals surface area contributed by atoms with Crippen LogP contribution in [0.4, 0.5) is 0 Å². The zero-order chi connectivity index (χ0) is 7.56. The number of likely N-dealkylation sites (N-methyl/N-ethyl adjacent to an activating group) is 1. The van der Waals surface area contributed by atoms with E-state index >= 15 is 0 Å². The fourth-order valence-corrected chi connectivity index (χ4v) is 2.35. The first-order chi connectivity index (χ1) is 4.74. The normalized spacial score (nSPS) is 36.3. The summed E-state index contributed by atoms with van der Waals surface area (Å²) in [6.07, 6.45) is 1.07. The second-order valence-electron chi connectivity index (χ2n) is 3.03. The van der Waals surface area contributed by atoms with Crippen molar-refractivity contribution in [3.8, 4) is 0 Å². The van der Waals surface area contributed by atoms with Gasteiger partial charge in [-0.3, -0.25) is 0 Å². The molecular formula is C7H14INO. The molecule has 0 radical (unpaired) electrons. The molecule has 2 nitrogen and oxygen atoms in total. The second-order valence-corrected chi connectivity index (χ2v) is 3.91. The van der Waals surface area contributed by atoms with E-state index in [2.05, 4.69) is 34.5 Å². The highest BCUT2D eigenvalue weighted by atomic mass is 127. The van der Waals surface area contributed by atoms with Crippen molar-refractivity contribution in [1.82, 2.24) is 4.90 Å². The summed E-state index contributed by atoms with van der Waals surface area (Å²) in [5.74, 6) is 0.539. The predicted octanol–water partition coefficient (Wildman–Crippen LogP) is 0.734. The third-order valence-corrected chi connectivity index (χ3v) is 3.25. The Morgan fingerprint density at radius 2 is 2.40 bits per heavy atom. The molecule has 0 aromatic heterocycles. The summed E-state index contributed by atoms with van der Waals surface area (Å²) in [6.45, 7) is 2.00. The van der Waals surface area contributed by atoms with Crippen LogP contribution in [0.2, 0.25) is 0 Å². The van der Waals surface area contributed by atoms with E-state index in [-0.39, 0.29) is 6.10 Å². The lowest BCUT2D eigenvalue weighted by Crippen LogP contribution is -2.42. The number of aliphatic hydroxyl groups is 1. The first-order valence-corrected chi connectivity index (χ1v) is 5.19. The number of aliphatic hydroxyl groups excluding tert-OH is 1.